The Hall–Kier alpha value is -2.58. The zero-order chi connectivity index (χ0) is 20.2. The summed E-state index contributed by atoms with van der Waals surface area (Å²) in [5, 5.41) is 5.72. The van der Waals surface area contributed by atoms with Gasteiger partial charge in [0.1, 0.15) is 6.04 Å². The molecule has 1 saturated carbocycles. The molecule has 0 aromatic heterocycles. The summed E-state index contributed by atoms with van der Waals surface area (Å²) in [4.78, 5) is 52.7. The number of hydrogen-bond acceptors (Lipinski definition) is 6. The zero-order valence-electron chi connectivity index (χ0n) is 16.2. The normalized spacial score (nSPS) is 26.5. The van der Waals surface area contributed by atoms with Crippen LogP contribution < -0.4 is 10.6 Å². The Morgan fingerprint density at radius 2 is 1.86 bits per heavy atom. The van der Waals surface area contributed by atoms with Gasteiger partial charge in [0.15, 0.2) is 0 Å². The number of amides is 4. The van der Waals surface area contributed by atoms with Crippen molar-refractivity contribution < 1.29 is 19.2 Å². The van der Waals surface area contributed by atoms with E-state index in [4.69, 9.17) is 0 Å². The van der Waals surface area contributed by atoms with Crippen molar-refractivity contribution >= 4 is 23.6 Å². The highest BCUT2D eigenvalue weighted by Gasteiger charge is 2.45. The number of nitrogens with one attached hydrogen (secondary N) is 2. The van der Waals surface area contributed by atoms with Gasteiger partial charge in [0, 0.05) is 32.7 Å². The van der Waals surface area contributed by atoms with Crippen molar-refractivity contribution in [2.45, 2.75) is 44.7 Å². The average Bonchev–Trinajstić information content (AvgIpc) is 2.91. The van der Waals surface area contributed by atoms with Gasteiger partial charge < -0.3 is 5.32 Å². The van der Waals surface area contributed by atoms with Crippen LogP contribution in [-0.2, 0) is 16.1 Å². The first kappa shape index (κ1) is 18.4. The molecule has 8 heteroatoms. The van der Waals surface area contributed by atoms with Crippen LogP contribution in [0.1, 0.15) is 58.4 Å². The molecule has 1 unspecified atom stereocenters. The first-order chi connectivity index (χ1) is 14.0. The van der Waals surface area contributed by atoms with Gasteiger partial charge in [-0.05, 0) is 42.4 Å². The van der Waals surface area contributed by atoms with Gasteiger partial charge in [-0.15, -0.1) is 0 Å². The number of carbonyl (C=O) groups excluding carboxylic acids is 4. The largest absolute Gasteiger partial charge is 0.304 e. The van der Waals surface area contributed by atoms with Crippen LogP contribution in [0, 0.1) is 5.41 Å². The Morgan fingerprint density at radius 3 is 2.59 bits per heavy atom. The van der Waals surface area contributed by atoms with Crippen LogP contribution in [0.25, 0.3) is 0 Å². The van der Waals surface area contributed by atoms with Gasteiger partial charge in [0.2, 0.25) is 11.8 Å². The average molecular weight is 396 g/mol. The smallest absolute Gasteiger partial charge is 0.262 e. The molecular weight excluding hydrogens is 372 g/mol. The fraction of sp³-hybridized carbons (Fsp3) is 0.524. The molecule has 152 valence electrons. The van der Waals surface area contributed by atoms with Gasteiger partial charge in [-0.2, -0.15) is 0 Å². The molecule has 2 N–H and O–H groups in total. The second-order valence-electron chi connectivity index (χ2n) is 8.75. The van der Waals surface area contributed by atoms with Crippen molar-refractivity contribution in [2.75, 3.05) is 19.8 Å². The number of carbonyl (C=O) groups is 4. The van der Waals surface area contributed by atoms with Gasteiger partial charge in [-0.3, -0.25) is 34.3 Å². The summed E-state index contributed by atoms with van der Waals surface area (Å²) in [6.45, 7) is 3.64. The molecule has 1 aromatic carbocycles. The standard InChI is InChI=1S/C21H24N4O4/c26-17-5-4-16(18(27)23-17)25-19(28)14-3-2-13(8-15(14)20(25)29)9-24-11-21(6-1-7-21)10-22-12-24/h2-3,8,16,22H,1,4-7,9-12H2,(H,23,26,27). The highest BCUT2D eigenvalue weighted by molar-refractivity contribution is 6.23. The predicted molar refractivity (Wildman–Crippen MR) is 103 cm³/mol. The number of hydrogen-bond donors (Lipinski definition) is 2. The van der Waals surface area contributed by atoms with E-state index in [1.165, 1.54) is 19.3 Å². The summed E-state index contributed by atoms with van der Waals surface area (Å²) >= 11 is 0. The molecule has 5 rings (SSSR count). The minimum absolute atomic E-state index is 0.124. The van der Waals surface area contributed by atoms with E-state index >= 15 is 0 Å². The van der Waals surface area contributed by atoms with E-state index in [9.17, 15) is 19.2 Å². The molecule has 1 spiro atoms. The first-order valence-corrected chi connectivity index (χ1v) is 10.2. The molecule has 1 atom stereocenters. The van der Waals surface area contributed by atoms with Crippen LogP contribution in [0.3, 0.4) is 0 Å². The second-order valence-corrected chi connectivity index (χ2v) is 8.75. The van der Waals surface area contributed by atoms with E-state index in [0.29, 0.717) is 23.1 Å². The summed E-state index contributed by atoms with van der Waals surface area (Å²) in [7, 11) is 0. The summed E-state index contributed by atoms with van der Waals surface area (Å²) in [5.41, 5.74) is 2.05. The molecule has 4 aliphatic rings. The molecular formula is C21H24N4O4. The predicted octanol–water partition coefficient (Wildman–Crippen LogP) is 0.621. The highest BCUT2D eigenvalue weighted by atomic mass is 16.2. The third kappa shape index (κ3) is 3.07. The fourth-order valence-electron chi connectivity index (χ4n) is 5.06. The Kier molecular flexibility index (Phi) is 4.29. The SMILES string of the molecule is O=C1CCC(N2C(=O)c3ccc(CN4CNCC5(CCC5)C4)cc3C2=O)C(=O)N1. The number of nitrogens with zero attached hydrogens (tertiary/aromatic N) is 2. The van der Waals surface area contributed by atoms with E-state index in [2.05, 4.69) is 15.5 Å². The van der Waals surface area contributed by atoms with Gasteiger partial charge in [-0.1, -0.05) is 12.5 Å². The Labute approximate surface area is 168 Å². The number of rotatable bonds is 3. The molecule has 1 aromatic rings. The van der Waals surface area contributed by atoms with Crippen LogP contribution in [0.4, 0.5) is 0 Å². The third-order valence-electron chi connectivity index (χ3n) is 6.72. The Morgan fingerprint density at radius 1 is 1.07 bits per heavy atom. The lowest BCUT2D eigenvalue weighted by Gasteiger charge is -2.49. The maximum absolute atomic E-state index is 13.0. The fourth-order valence-corrected chi connectivity index (χ4v) is 5.06. The van der Waals surface area contributed by atoms with E-state index in [1.54, 1.807) is 12.1 Å². The monoisotopic (exact) mass is 396 g/mol. The minimum Gasteiger partial charge on any atom is -0.304 e. The van der Waals surface area contributed by atoms with Crippen molar-refractivity contribution in [3.05, 3.63) is 34.9 Å². The number of imide groups is 2. The Bertz CT molecular complexity index is 923. The molecule has 0 bridgehead atoms. The van der Waals surface area contributed by atoms with Crippen LogP contribution >= 0.6 is 0 Å². The van der Waals surface area contributed by atoms with Gasteiger partial charge in [0.25, 0.3) is 11.8 Å². The van der Waals surface area contributed by atoms with E-state index in [1.807, 2.05) is 6.07 Å². The molecule has 3 fully saturated rings. The number of benzene rings is 1. The lowest BCUT2D eigenvalue weighted by molar-refractivity contribution is -0.136. The topological polar surface area (TPSA) is 98.8 Å². The highest BCUT2D eigenvalue weighted by Crippen LogP contribution is 2.42. The quantitative estimate of drug-likeness (QED) is 0.727. The lowest BCUT2D eigenvalue weighted by atomic mass is 9.67. The first-order valence-electron chi connectivity index (χ1n) is 10.2. The summed E-state index contributed by atoms with van der Waals surface area (Å²) in [6, 6.07) is 4.44. The molecule has 1 aliphatic carbocycles. The third-order valence-corrected chi connectivity index (χ3v) is 6.72. The number of piperidine rings is 1. The molecule has 3 aliphatic heterocycles. The van der Waals surface area contributed by atoms with Crippen molar-refractivity contribution in [1.82, 2.24) is 20.4 Å². The van der Waals surface area contributed by atoms with E-state index in [0.717, 1.165) is 30.2 Å². The van der Waals surface area contributed by atoms with Crippen LogP contribution in [0.2, 0.25) is 0 Å². The molecule has 8 nitrogen and oxygen atoms in total. The molecule has 0 radical (unpaired) electrons. The maximum Gasteiger partial charge on any atom is 0.262 e. The van der Waals surface area contributed by atoms with Gasteiger partial charge >= 0.3 is 0 Å². The molecule has 4 amide bonds. The van der Waals surface area contributed by atoms with Gasteiger partial charge in [0.05, 0.1) is 11.1 Å². The van der Waals surface area contributed by atoms with Crippen molar-refractivity contribution in [2.24, 2.45) is 5.41 Å². The van der Waals surface area contributed by atoms with Crippen LogP contribution in [0.5, 0.6) is 0 Å². The van der Waals surface area contributed by atoms with Crippen LogP contribution in [-0.4, -0.2) is 59.2 Å². The van der Waals surface area contributed by atoms with E-state index < -0.39 is 23.8 Å². The van der Waals surface area contributed by atoms with E-state index in [-0.39, 0.29) is 18.7 Å². The summed E-state index contributed by atoms with van der Waals surface area (Å²) in [6.07, 6.45) is 4.10. The maximum atomic E-state index is 13.0. The molecule has 3 heterocycles. The second kappa shape index (κ2) is 6.74. The van der Waals surface area contributed by atoms with Crippen molar-refractivity contribution in [3.63, 3.8) is 0 Å². The zero-order valence-corrected chi connectivity index (χ0v) is 16.2. The molecule has 29 heavy (non-hydrogen) atoms. The lowest BCUT2D eigenvalue weighted by Crippen LogP contribution is -2.56. The van der Waals surface area contributed by atoms with Crippen molar-refractivity contribution in [3.8, 4) is 0 Å². The summed E-state index contributed by atoms with van der Waals surface area (Å²) < 4.78 is 0. The summed E-state index contributed by atoms with van der Waals surface area (Å²) in [5.74, 6) is -1.86. The number of fused-ring (bicyclic) bond motifs is 1. The van der Waals surface area contributed by atoms with Crippen molar-refractivity contribution in [1.29, 1.82) is 0 Å². The minimum atomic E-state index is -0.923. The molecule has 2 saturated heterocycles. The Balaban J connectivity index is 1.34. The van der Waals surface area contributed by atoms with Crippen LogP contribution in [0.15, 0.2) is 18.2 Å². The van der Waals surface area contributed by atoms with Gasteiger partial charge in [-0.25, -0.2) is 0 Å².